The van der Waals surface area contributed by atoms with Gasteiger partial charge >= 0.3 is 11.9 Å². The van der Waals surface area contributed by atoms with E-state index in [1.54, 1.807) is 0 Å². The van der Waals surface area contributed by atoms with Crippen molar-refractivity contribution in [2.75, 3.05) is 20.3 Å². The number of rotatable bonds is 8. The Kier molecular flexibility index (Phi) is 9.29. The molecule has 230 valence electrons. The number of carbonyl (C=O) groups is 2. The third-order valence-electron chi connectivity index (χ3n) is 10.2. The van der Waals surface area contributed by atoms with Crippen LogP contribution < -0.4 is 0 Å². The van der Waals surface area contributed by atoms with Crippen LogP contribution in [-0.2, 0) is 49.5 Å². The summed E-state index contributed by atoms with van der Waals surface area (Å²) in [5, 5.41) is 9.30. The second-order valence-corrected chi connectivity index (χ2v) is 12.1. The summed E-state index contributed by atoms with van der Waals surface area (Å²) in [5.74, 6) is -0.973. The van der Waals surface area contributed by atoms with Gasteiger partial charge < -0.3 is 19.3 Å². The number of hydrogen-bond donors (Lipinski definition) is 1. The minimum Gasteiger partial charge on any atom is -0.481 e. The lowest BCUT2D eigenvalue weighted by atomic mass is 9.81. The predicted octanol–water partition coefficient (Wildman–Crippen LogP) is 7.29. The number of carboxylic acid groups (broad SMARTS) is 1. The predicted molar refractivity (Wildman–Crippen MR) is 169 cm³/mol. The lowest BCUT2D eigenvalue weighted by Gasteiger charge is -2.38. The van der Waals surface area contributed by atoms with Crippen molar-refractivity contribution in [3.63, 3.8) is 0 Å². The third-order valence-corrected chi connectivity index (χ3v) is 10.2. The summed E-state index contributed by atoms with van der Waals surface area (Å²) in [7, 11) is 1.45. The second-order valence-electron chi connectivity index (χ2n) is 12.1. The highest BCUT2D eigenvalue weighted by Crippen LogP contribution is 2.49. The molecule has 6 heteroatoms. The molecule has 2 heterocycles. The van der Waals surface area contributed by atoms with Crippen molar-refractivity contribution in [3.8, 4) is 0 Å². The largest absolute Gasteiger partial charge is 0.481 e. The van der Waals surface area contributed by atoms with E-state index in [1.165, 1.54) is 62.8 Å². The minimum absolute atomic E-state index is 0.0672. The Labute approximate surface area is 256 Å². The van der Waals surface area contributed by atoms with Gasteiger partial charge in [0, 0.05) is 0 Å². The summed E-state index contributed by atoms with van der Waals surface area (Å²) in [6.45, 7) is 9.80. The summed E-state index contributed by atoms with van der Waals surface area (Å²) >= 11 is 0. The van der Waals surface area contributed by atoms with Gasteiger partial charge in [-0.15, -0.1) is 0 Å². The Bertz CT molecular complexity index is 1470. The number of ether oxygens (including phenoxy) is 3. The van der Waals surface area contributed by atoms with Gasteiger partial charge in [0.05, 0.1) is 33.2 Å². The molecule has 0 aromatic heterocycles. The summed E-state index contributed by atoms with van der Waals surface area (Å²) in [6.07, 6.45) is 7.57. The van der Waals surface area contributed by atoms with Crippen molar-refractivity contribution < 1.29 is 28.9 Å². The first-order valence-corrected chi connectivity index (χ1v) is 16.0. The number of esters is 1. The van der Waals surface area contributed by atoms with E-state index in [2.05, 4.69) is 57.2 Å². The standard InChI is InChI=1S/C19H24O3.C18H22O3/c1-4-13-7-6-8-14-15-9-10-22-19(5-2,12-18(20)21-3)17(15)11-16(13)14;1-3-12-6-5-7-13-14-8-9-21-18(4-2,11-17(19)20)16(14)10-15(12)13/h6-8H,4-5,9-12H2,1-3H3;5-7H,3-4,8-11H2,1-2H3,(H,19,20). The van der Waals surface area contributed by atoms with Crippen molar-refractivity contribution in [1.82, 2.24) is 0 Å². The number of carbonyl (C=O) groups excluding carboxylic acids is 1. The first-order chi connectivity index (χ1) is 20.8. The van der Waals surface area contributed by atoms with Crippen LogP contribution in [0.2, 0.25) is 0 Å². The molecule has 1 N–H and O–H groups in total. The van der Waals surface area contributed by atoms with E-state index in [1.807, 2.05) is 6.92 Å². The molecule has 2 aliphatic carbocycles. The number of carboxylic acids is 1. The lowest BCUT2D eigenvalue weighted by molar-refractivity contribution is -0.148. The number of fused-ring (bicyclic) bond motifs is 4. The molecule has 2 aromatic carbocycles. The van der Waals surface area contributed by atoms with Gasteiger partial charge in [-0.25, -0.2) is 0 Å². The van der Waals surface area contributed by atoms with Crippen LogP contribution >= 0.6 is 0 Å². The molecule has 0 bridgehead atoms. The van der Waals surface area contributed by atoms with Crippen molar-refractivity contribution in [1.29, 1.82) is 0 Å². The number of methoxy groups -OCH3 is 1. The van der Waals surface area contributed by atoms with E-state index in [0.717, 1.165) is 44.9 Å². The Morgan fingerprint density at radius 1 is 0.767 bits per heavy atom. The van der Waals surface area contributed by atoms with E-state index in [4.69, 9.17) is 14.2 Å². The zero-order valence-electron chi connectivity index (χ0n) is 26.4. The summed E-state index contributed by atoms with van der Waals surface area (Å²) in [4.78, 5) is 23.2. The van der Waals surface area contributed by atoms with Crippen LogP contribution in [0.1, 0.15) is 99.6 Å². The van der Waals surface area contributed by atoms with E-state index in [-0.39, 0.29) is 12.4 Å². The highest BCUT2D eigenvalue weighted by Gasteiger charge is 2.45. The third kappa shape index (κ3) is 5.60. The van der Waals surface area contributed by atoms with Crippen LogP contribution in [0.25, 0.3) is 11.1 Å². The molecule has 0 radical (unpaired) electrons. The van der Waals surface area contributed by atoms with E-state index >= 15 is 0 Å². The summed E-state index contributed by atoms with van der Waals surface area (Å²) in [6, 6.07) is 13.1. The average Bonchev–Trinajstić information content (AvgIpc) is 3.61. The molecule has 0 amide bonds. The fourth-order valence-electron chi connectivity index (χ4n) is 7.87. The molecule has 0 saturated carbocycles. The quantitative estimate of drug-likeness (QED) is 0.327. The maximum absolute atomic E-state index is 11.9. The van der Waals surface area contributed by atoms with Gasteiger partial charge in [0.1, 0.15) is 11.2 Å². The van der Waals surface area contributed by atoms with Crippen molar-refractivity contribution in [2.24, 2.45) is 0 Å². The van der Waals surface area contributed by atoms with Gasteiger partial charge in [-0.2, -0.15) is 0 Å². The Morgan fingerprint density at radius 2 is 1.23 bits per heavy atom. The normalized spacial score (nSPS) is 23.6. The van der Waals surface area contributed by atoms with Gasteiger partial charge in [-0.05, 0) is 107 Å². The molecule has 0 fully saturated rings. The van der Waals surface area contributed by atoms with Crippen LogP contribution in [0.5, 0.6) is 0 Å². The average molecular weight is 587 g/mol. The molecule has 2 aromatic rings. The zero-order chi connectivity index (χ0) is 30.8. The molecule has 2 unspecified atom stereocenters. The van der Waals surface area contributed by atoms with Gasteiger partial charge in [0.2, 0.25) is 0 Å². The number of aryl methyl sites for hydroxylation is 2. The van der Waals surface area contributed by atoms with Gasteiger partial charge in [0.15, 0.2) is 0 Å². The Balaban J connectivity index is 0.000000171. The van der Waals surface area contributed by atoms with Gasteiger partial charge in [0.25, 0.3) is 0 Å². The maximum atomic E-state index is 11.9. The fourth-order valence-corrected chi connectivity index (χ4v) is 7.87. The van der Waals surface area contributed by atoms with Crippen LogP contribution in [0, 0.1) is 0 Å². The SMILES string of the molecule is CCc1cccc2c1CC1=C2CCOC1(CC)CC(=O)O.CCc1cccc2c1CC1=C2CCOC1(CC)CC(=O)OC. The number of aliphatic carboxylic acids is 1. The van der Waals surface area contributed by atoms with Crippen molar-refractivity contribution in [2.45, 2.75) is 103 Å². The lowest BCUT2D eigenvalue weighted by Crippen LogP contribution is -2.40. The maximum Gasteiger partial charge on any atom is 0.308 e. The molecular formula is C37H46O6. The van der Waals surface area contributed by atoms with Crippen LogP contribution in [0.4, 0.5) is 0 Å². The monoisotopic (exact) mass is 586 g/mol. The second kappa shape index (κ2) is 12.8. The zero-order valence-corrected chi connectivity index (χ0v) is 26.4. The van der Waals surface area contributed by atoms with Crippen molar-refractivity contribution >= 4 is 23.1 Å². The Morgan fingerprint density at radius 3 is 1.63 bits per heavy atom. The van der Waals surface area contributed by atoms with Crippen molar-refractivity contribution in [3.05, 3.63) is 80.9 Å². The molecule has 2 aliphatic heterocycles. The van der Waals surface area contributed by atoms with Crippen LogP contribution in [0.3, 0.4) is 0 Å². The molecule has 0 saturated heterocycles. The molecule has 2 atom stereocenters. The molecule has 43 heavy (non-hydrogen) atoms. The number of hydrogen-bond acceptors (Lipinski definition) is 5. The highest BCUT2D eigenvalue weighted by atomic mass is 16.5. The smallest absolute Gasteiger partial charge is 0.308 e. The van der Waals surface area contributed by atoms with Crippen LogP contribution in [-0.4, -0.2) is 48.6 Å². The van der Waals surface area contributed by atoms with Crippen LogP contribution in [0.15, 0.2) is 47.5 Å². The highest BCUT2D eigenvalue weighted by molar-refractivity contribution is 5.82. The molecular weight excluding hydrogens is 540 g/mol. The molecule has 6 nitrogen and oxygen atoms in total. The van der Waals surface area contributed by atoms with E-state index < -0.39 is 17.2 Å². The van der Waals surface area contributed by atoms with Gasteiger partial charge in [-0.1, -0.05) is 64.1 Å². The van der Waals surface area contributed by atoms with E-state index in [9.17, 15) is 14.7 Å². The van der Waals surface area contributed by atoms with Gasteiger partial charge in [-0.3, -0.25) is 9.59 Å². The minimum atomic E-state index is -0.780. The topological polar surface area (TPSA) is 82.1 Å². The van der Waals surface area contributed by atoms with E-state index in [0.29, 0.717) is 26.1 Å². The number of benzene rings is 2. The molecule has 0 spiro atoms. The summed E-state index contributed by atoms with van der Waals surface area (Å²) in [5.41, 5.74) is 12.5. The summed E-state index contributed by atoms with van der Waals surface area (Å²) < 4.78 is 17.1. The molecule has 4 aliphatic rings. The fraction of sp³-hybridized carbons (Fsp3) is 0.514. The first kappa shape index (κ1) is 31.2. The Hall–Kier alpha value is -3.22. The first-order valence-electron chi connectivity index (χ1n) is 16.0. The molecule has 6 rings (SSSR count).